The van der Waals surface area contributed by atoms with Crippen molar-refractivity contribution in [2.45, 2.75) is 33.2 Å². The van der Waals surface area contributed by atoms with Crippen LogP contribution in [-0.4, -0.2) is 21.8 Å². The Balaban J connectivity index is 1.74. The first-order valence-corrected chi connectivity index (χ1v) is 8.63. The van der Waals surface area contributed by atoms with E-state index in [1.54, 1.807) is 25.1 Å². The molecule has 2 amide bonds. The Morgan fingerprint density at radius 3 is 2.89 bits per heavy atom. The molecule has 0 aliphatic heterocycles. The van der Waals surface area contributed by atoms with Crippen LogP contribution in [0.4, 0.5) is 5.69 Å². The van der Waals surface area contributed by atoms with Gasteiger partial charge in [-0.15, -0.1) is 0 Å². The van der Waals surface area contributed by atoms with E-state index in [1.165, 1.54) is 6.33 Å². The number of anilines is 1. The quantitative estimate of drug-likeness (QED) is 0.618. The fraction of sp³-hybridized carbons (Fsp3) is 0.263. The standard InChI is InChI=1S/C19H20N4O4/c1-3-5-14(24)23-13-7-4-6-12(8-13)9-20-17(25)15-11(2)27-19-16(15)18(26)21-10-22-19/h4,6-8,10H,3,5,9H2,1-2H3,(H,20,25)(H,23,24)(H,21,22,26). The number of hydrogen-bond acceptors (Lipinski definition) is 5. The summed E-state index contributed by atoms with van der Waals surface area (Å²) in [7, 11) is 0. The predicted octanol–water partition coefficient (Wildman–Crippen LogP) is 2.49. The van der Waals surface area contributed by atoms with Gasteiger partial charge in [0.05, 0.1) is 11.9 Å². The molecule has 0 saturated carbocycles. The summed E-state index contributed by atoms with van der Waals surface area (Å²) in [5.41, 5.74) is 1.36. The Morgan fingerprint density at radius 1 is 1.30 bits per heavy atom. The van der Waals surface area contributed by atoms with Crippen molar-refractivity contribution in [1.29, 1.82) is 0 Å². The van der Waals surface area contributed by atoms with Gasteiger partial charge in [-0.3, -0.25) is 14.4 Å². The van der Waals surface area contributed by atoms with Crippen molar-refractivity contribution in [1.82, 2.24) is 15.3 Å². The number of amides is 2. The number of aromatic amines is 1. The lowest BCUT2D eigenvalue weighted by molar-refractivity contribution is -0.116. The maximum atomic E-state index is 12.6. The van der Waals surface area contributed by atoms with Crippen LogP contribution in [0.15, 0.2) is 39.8 Å². The number of aryl methyl sites for hydroxylation is 1. The summed E-state index contributed by atoms with van der Waals surface area (Å²) in [5, 5.41) is 5.73. The first-order valence-electron chi connectivity index (χ1n) is 8.63. The Labute approximate surface area is 155 Å². The molecule has 3 aromatic rings. The fourth-order valence-corrected chi connectivity index (χ4v) is 2.81. The van der Waals surface area contributed by atoms with Crippen molar-refractivity contribution in [2.24, 2.45) is 0 Å². The van der Waals surface area contributed by atoms with E-state index >= 15 is 0 Å². The molecule has 27 heavy (non-hydrogen) atoms. The van der Waals surface area contributed by atoms with Gasteiger partial charge in [-0.1, -0.05) is 19.1 Å². The number of aromatic nitrogens is 2. The summed E-state index contributed by atoms with van der Waals surface area (Å²) in [5.74, 6) is -0.150. The van der Waals surface area contributed by atoms with E-state index in [-0.39, 0.29) is 29.1 Å². The highest BCUT2D eigenvalue weighted by molar-refractivity contribution is 6.06. The molecule has 3 N–H and O–H groups in total. The highest BCUT2D eigenvalue weighted by atomic mass is 16.3. The second kappa shape index (κ2) is 7.86. The minimum atomic E-state index is -0.428. The number of rotatable bonds is 6. The highest BCUT2D eigenvalue weighted by Crippen LogP contribution is 2.20. The molecule has 0 atom stereocenters. The van der Waals surface area contributed by atoms with Crippen LogP contribution in [0.1, 0.15) is 41.4 Å². The third-order valence-corrected chi connectivity index (χ3v) is 4.04. The monoisotopic (exact) mass is 368 g/mol. The smallest absolute Gasteiger partial charge is 0.262 e. The third-order valence-electron chi connectivity index (χ3n) is 4.04. The summed E-state index contributed by atoms with van der Waals surface area (Å²) in [6, 6.07) is 7.22. The van der Waals surface area contributed by atoms with Gasteiger partial charge in [0.1, 0.15) is 11.1 Å². The SMILES string of the molecule is CCCC(=O)Nc1cccc(CNC(=O)c2c(C)oc3nc[nH]c(=O)c23)c1. The van der Waals surface area contributed by atoms with Gasteiger partial charge in [0, 0.05) is 18.7 Å². The number of hydrogen-bond donors (Lipinski definition) is 3. The molecule has 8 heteroatoms. The second-order valence-electron chi connectivity index (χ2n) is 6.13. The van der Waals surface area contributed by atoms with E-state index in [9.17, 15) is 14.4 Å². The van der Waals surface area contributed by atoms with Crippen molar-refractivity contribution in [3.63, 3.8) is 0 Å². The van der Waals surface area contributed by atoms with Crippen LogP contribution in [0.3, 0.4) is 0 Å². The maximum absolute atomic E-state index is 12.6. The molecular weight excluding hydrogens is 348 g/mol. The lowest BCUT2D eigenvalue weighted by Gasteiger charge is -2.08. The lowest BCUT2D eigenvalue weighted by Crippen LogP contribution is -2.24. The Morgan fingerprint density at radius 2 is 2.11 bits per heavy atom. The zero-order valence-corrected chi connectivity index (χ0v) is 15.1. The van der Waals surface area contributed by atoms with Crippen molar-refractivity contribution in [3.05, 3.63) is 57.8 Å². The fourth-order valence-electron chi connectivity index (χ4n) is 2.81. The summed E-state index contributed by atoms with van der Waals surface area (Å²) in [6.45, 7) is 3.79. The second-order valence-corrected chi connectivity index (χ2v) is 6.13. The Kier molecular flexibility index (Phi) is 5.35. The van der Waals surface area contributed by atoms with Crippen LogP contribution in [0.5, 0.6) is 0 Å². The van der Waals surface area contributed by atoms with E-state index < -0.39 is 11.5 Å². The first-order chi connectivity index (χ1) is 13.0. The van der Waals surface area contributed by atoms with E-state index in [2.05, 4.69) is 20.6 Å². The summed E-state index contributed by atoms with van der Waals surface area (Å²) in [4.78, 5) is 42.7. The molecule has 0 aliphatic carbocycles. The zero-order chi connectivity index (χ0) is 19.4. The molecule has 0 fully saturated rings. The van der Waals surface area contributed by atoms with Crippen molar-refractivity contribution >= 4 is 28.6 Å². The van der Waals surface area contributed by atoms with Crippen molar-refractivity contribution < 1.29 is 14.0 Å². The molecule has 0 saturated heterocycles. The summed E-state index contributed by atoms with van der Waals surface area (Å²) >= 11 is 0. The molecule has 1 aromatic carbocycles. The first kappa shape index (κ1) is 18.4. The van der Waals surface area contributed by atoms with Crippen LogP contribution < -0.4 is 16.2 Å². The molecule has 2 heterocycles. The van der Waals surface area contributed by atoms with Crippen LogP contribution in [0.25, 0.3) is 11.1 Å². The van der Waals surface area contributed by atoms with E-state index in [0.29, 0.717) is 17.9 Å². The van der Waals surface area contributed by atoms with Crippen LogP contribution in [0.2, 0.25) is 0 Å². The molecule has 0 bridgehead atoms. The van der Waals surface area contributed by atoms with Crippen LogP contribution in [0, 0.1) is 6.92 Å². The van der Waals surface area contributed by atoms with Gasteiger partial charge in [-0.2, -0.15) is 0 Å². The van der Waals surface area contributed by atoms with E-state index in [0.717, 1.165) is 12.0 Å². The molecule has 140 valence electrons. The average molecular weight is 368 g/mol. The number of nitrogens with one attached hydrogen (secondary N) is 3. The number of carbonyl (C=O) groups is 2. The molecule has 3 rings (SSSR count). The number of nitrogens with zero attached hydrogens (tertiary/aromatic N) is 1. The molecule has 0 aliphatic rings. The average Bonchev–Trinajstić information content (AvgIpc) is 2.97. The molecule has 0 spiro atoms. The molecule has 0 radical (unpaired) electrons. The van der Waals surface area contributed by atoms with Crippen LogP contribution >= 0.6 is 0 Å². The molecular formula is C19H20N4O4. The van der Waals surface area contributed by atoms with Gasteiger partial charge >= 0.3 is 0 Å². The maximum Gasteiger partial charge on any atom is 0.262 e. The third kappa shape index (κ3) is 4.05. The number of carbonyl (C=O) groups excluding carboxylic acids is 2. The molecule has 0 unspecified atom stereocenters. The normalized spacial score (nSPS) is 10.7. The summed E-state index contributed by atoms with van der Waals surface area (Å²) in [6.07, 6.45) is 2.46. The lowest BCUT2D eigenvalue weighted by atomic mass is 10.1. The predicted molar refractivity (Wildman–Crippen MR) is 101 cm³/mol. The van der Waals surface area contributed by atoms with Crippen LogP contribution in [-0.2, 0) is 11.3 Å². The number of furan rings is 1. The van der Waals surface area contributed by atoms with E-state index in [4.69, 9.17) is 4.42 Å². The van der Waals surface area contributed by atoms with Gasteiger partial charge in [-0.25, -0.2) is 4.98 Å². The summed E-state index contributed by atoms with van der Waals surface area (Å²) < 4.78 is 5.40. The topological polar surface area (TPSA) is 117 Å². The Bertz CT molecular complexity index is 1050. The largest absolute Gasteiger partial charge is 0.442 e. The minimum Gasteiger partial charge on any atom is -0.442 e. The van der Waals surface area contributed by atoms with Gasteiger partial charge in [-0.05, 0) is 31.0 Å². The van der Waals surface area contributed by atoms with Gasteiger partial charge in [0.15, 0.2) is 0 Å². The van der Waals surface area contributed by atoms with Crippen molar-refractivity contribution in [2.75, 3.05) is 5.32 Å². The minimum absolute atomic E-state index is 0.0501. The zero-order valence-electron chi connectivity index (χ0n) is 15.1. The number of fused-ring (bicyclic) bond motifs is 1. The Hall–Kier alpha value is -3.42. The van der Waals surface area contributed by atoms with Crippen molar-refractivity contribution in [3.8, 4) is 0 Å². The molecule has 8 nitrogen and oxygen atoms in total. The number of H-pyrrole nitrogens is 1. The van der Waals surface area contributed by atoms with Gasteiger partial charge in [0.2, 0.25) is 11.6 Å². The molecule has 2 aromatic heterocycles. The number of benzene rings is 1. The van der Waals surface area contributed by atoms with E-state index in [1.807, 2.05) is 13.0 Å². The van der Waals surface area contributed by atoms with Gasteiger partial charge < -0.3 is 20.0 Å². The highest BCUT2D eigenvalue weighted by Gasteiger charge is 2.21. The van der Waals surface area contributed by atoms with Gasteiger partial charge in [0.25, 0.3) is 11.5 Å².